The molecule has 0 bridgehead atoms. The van der Waals surface area contributed by atoms with E-state index in [-0.39, 0.29) is 5.91 Å². The molecule has 1 heterocycles. The van der Waals surface area contributed by atoms with Crippen molar-refractivity contribution in [3.8, 4) is 0 Å². The number of hydrogen-bond donors (Lipinski definition) is 2. The van der Waals surface area contributed by atoms with Crippen LogP contribution in [-0.2, 0) is 6.42 Å². The van der Waals surface area contributed by atoms with Gasteiger partial charge in [-0.1, -0.05) is 18.5 Å². The Hall–Kier alpha value is -1.59. The van der Waals surface area contributed by atoms with Gasteiger partial charge in [0.15, 0.2) is 0 Å². The lowest BCUT2D eigenvalue weighted by Crippen LogP contribution is -2.13. The van der Waals surface area contributed by atoms with Crippen LogP contribution in [0.1, 0.15) is 23.0 Å². The predicted molar refractivity (Wildman–Crippen MR) is 90.3 cm³/mol. The summed E-state index contributed by atoms with van der Waals surface area (Å²) < 4.78 is 0.738. The largest absolute Gasteiger partial charge is 0.373 e. The zero-order chi connectivity index (χ0) is 15.4. The first-order chi connectivity index (χ1) is 10.0. The lowest BCUT2D eigenvalue weighted by Gasteiger charge is -2.09. The summed E-state index contributed by atoms with van der Waals surface area (Å²) in [7, 11) is 1.78. The highest BCUT2D eigenvalue weighted by Crippen LogP contribution is 2.26. The van der Waals surface area contributed by atoms with Crippen LogP contribution in [0.25, 0.3) is 0 Å². The van der Waals surface area contributed by atoms with E-state index in [1.807, 2.05) is 6.92 Å². The molecule has 0 saturated carbocycles. The van der Waals surface area contributed by atoms with E-state index in [0.29, 0.717) is 22.1 Å². The Balaban J connectivity index is 2.25. The van der Waals surface area contributed by atoms with Gasteiger partial charge in [-0.25, -0.2) is 4.98 Å². The molecule has 0 aliphatic carbocycles. The van der Waals surface area contributed by atoms with Crippen LogP contribution in [0, 0.1) is 0 Å². The number of halogens is 2. The number of pyridine rings is 1. The molecule has 0 unspecified atom stereocenters. The summed E-state index contributed by atoms with van der Waals surface area (Å²) in [5.41, 5.74) is 2.11. The Labute approximate surface area is 137 Å². The molecule has 0 aliphatic rings. The number of aryl methyl sites for hydroxylation is 1. The van der Waals surface area contributed by atoms with Gasteiger partial charge in [-0.3, -0.25) is 4.79 Å². The minimum Gasteiger partial charge on any atom is -0.373 e. The summed E-state index contributed by atoms with van der Waals surface area (Å²) in [6, 6.07) is 8.76. The van der Waals surface area contributed by atoms with Crippen LogP contribution < -0.4 is 10.6 Å². The normalized spacial score (nSPS) is 10.3. The molecule has 4 nitrogen and oxygen atoms in total. The van der Waals surface area contributed by atoms with Gasteiger partial charge in [0.05, 0.1) is 5.02 Å². The van der Waals surface area contributed by atoms with E-state index in [0.717, 1.165) is 16.6 Å². The maximum absolute atomic E-state index is 12.3. The van der Waals surface area contributed by atoms with Crippen molar-refractivity contribution in [2.24, 2.45) is 0 Å². The second-order valence-electron chi connectivity index (χ2n) is 4.42. The van der Waals surface area contributed by atoms with E-state index in [1.165, 1.54) is 0 Å². The average molecular weight is 369 g/mol. The third-order valence-electron chi connectivity index (χ3n) is 2.94. The summed E-state index contributed by atoms with van der Waals surface area (Å²) in [6.07, 6.45) is 0.766. The molecule has 0 radical (unpaired) electrons. The highest BCUT2D eigenvalue weighted by atomic mass is 79.9. The number of carbonyl (C=O) groups is 1. The Morgan fingerprint density at radius 3 is 2.71 bits per heavy atom. The zero-order valence-electron chi connectivity index (χ0n) is 11.7. The number of anilines is 2. The number of nitrogens with one attached hydrogen (secondary N) is 2. The van der Waals surface area contributed by atoms with E-state index in [9.17, 15) is 4.79 Å². The maximum Gasteiger partial charge on any atom is 0.255 e. The molecule has 2 aromatic rings. The minimum atomic E-state index is -0.183. The van der Waals surface area contributed by atoms with Gasteiger partial charge in [0.1, 0.15) is 5.82 Å². The average Bonchev–Trinajstić information content (AvgIpc) is 2.50. The number of carbonyl (C=O) groups excluding carboxylic acids is 1. The quantitative estimate of drug-likeness (QED) is 0.843. The number of benzene rings is 1. The first-order valence-electron chi connectivity index (χ1n) is 6.48. The second kappa shape index (κ2) is 6.91. The Morgan fingerprint density at radius 2 is 2.10 bits per heavy atom. The van der Waals surface area contributed by atoms with Crippen LogP contribution in [0.5, 0.6) is 0 Å². The number of nitrogens with zero attached hydrogens (tertiary/aromatic N) is 1. The summed E-state index contributed by atoms with van der Waals surface area (Å²) in [4.78, 5) is 16.7. The third kappa shape index (κ3) is 3.95. The molecule has 110 valence electrons. The highest BCUT2D eigenvalue weighted by Gasteiger charge is 2.10. The van der Waals surface area contributed by atoms with Gasteiger partial charge in [0, 0.05) is 28.5 Å². The first kappa shape index (κ1) is 15.8. The zero-order valence-corrected chi connectivity index (χ0v) is 14.0. The fraction of sp³-hybridized carbons (Fsp3) is 0.200. The fourth-order valence-electron chi connectivity index (χ4n) is 1.81. The molecule has 21 heavy (non-hydrogen) atoms. The maximum atomic E-state index is 12.3. The van der Waals surface area contributed by atoms with E-state index in [1.54, 1.807) is 37.4 Å². The fourth-order valence-corrected chi connectivity index (χ4v) is 2.30. The molecule has 1 amide bonds. The van der Waals surface area contributed by atoms with Crippen molar-refractivity contribution in [3.63, 3.8) is 0 Å². The van der Waals surface area contributed by atoms with E-state index in [4.69, 9.17) is 11.6 Å². The molecule has 0 spiro atoms. The molecule has 2 rings (SSSR count). The number of hydrogen-bond acceptors (Lipinski definition) is 3. The van der Waals surface area contributed by atoms with Crippen LogP contribution in [0.15, 0.2) is 34.8 Å². The monoisotopic (exact) mass is 367 g/mol. The molecule has 0 fully saturated rings. The van der Waals surface area contributed by atoms with Gasteiger partial charge in [0.2, 0.25) is 0 Å². The first-order valence-corrected chi connectivity index (χ1v) is 7.65. The van der Waals surface area contributed by atoms with Gasteiger partial charge in [-0.2, -0.15) is 0 Å². The standard InChI is InChI=1S/C15H15BrClN3O/c1-3-10-6-9(7-14(18-2)19-10)15(21)20-11-4-5-13(17)12(16)8-11/h4-8H,3H2,1-2H3,(H,18,19)(H,20,21). The Kier molecular flexibility index (Phi) is 5.20. The van der Waals surface area contributed by atoms with E-state index in [2.05, 4.69) is 31.5 Å². The lowest BCUT2D eigenvalue weighted by molar-refractivity contribution is 0.102. The van der Waals surface area contributed by atoms with Gasteiger partial charge >= 0.3 is 0 Å². The molecule has 1 aromatic carbocycles. The van der Waals surface area contributed by atoms with Crippen molar-refractivity contribution < 1.29 is 4.79 Å². The molecule has 2 N–H and O–H groups in total. The van der Waals surface area contributed by atoms with Crippen LogP contribution in [0.4, 0.5) is 11.5 Å². The number of rotatable bonds is 4. The number of aromatic nitrogens is 1. The molecule has 0 saturated heterocycles. The van der Waals surface area contributed by atoms with Crippen LogP contribution in [0.3, 0.4) is 0 Å². The van der Waals surface area contributed by atoms with Crippen molar-refractivity contribution in [3.05, 3.63) is 51.1 Å². The Bertz CT molecular complexity index is 654. The third-order valence-corrected chi connectivity index (χ3v) is 4.15. The van der Waals surface area contributed by atoms with Gasteiger partial charge < -0.3 is 10.6 Å². The van der Waals surface area contributed by atoms with Crippen molar-refractivity contribution in [1.29, 1.82) is 0 Å². The lowest BCUT2D eigenvalue weighted by atomic mass is 10.1. The molecular weight excluding hydrogens is 354 g/mol. The van der Waals surface area contributed by atoms with Crippen LogP contribution >= 0.6 is 27.5 Å². The summed E-state index contributed by atoms with van der Waals surface area (Å²) >= 11 is 9.27. The molecule has 6 heteroatoms. The van der Waals surface area contributed by atoms with E-state index >= 15 is 0 Å². The smallest absolute Gasteiger partial charge is 0.255 e. The summed E-state index contributed by atoms with van der Waals surface area (Å²) in [5, 5.41) is 6.41. The topological polar surface area (TPSA) is 54.0 Å². The molecule has 0 aliphatic heterocycles. The van der Waals surface area contributed by atoms with Gasteiger partial charge in [-0.15, -0.1) is 0 Å². The van der Waals surface area contributed by atoms with Crippen molar-refractivity contribution in [1.82, 2.24) is 4.98 Å². The van der Waals surface area contributed by atoms with Gasteiger partial charge in [-0.05, 0) is 52.7 Å². The van der Waals surface area contributed by atoms with Crippen molar-refractivity contribution >= 4 is 44.9 Å². The highest BCUT2D eigenvalue weighted by molar-refractivity contribution is 9.10. The van der Waals surface area contributed by atoms with Crippen molar-refractivity contribution in [2.75, 3.05) is 17.7 Å². The SMILES string of the molecule is CCc1cc(C(=O)Nc2ccc(Cl)c(Br)c2)cc(NC)n1. The van der Waals surface area contributed by atoms with Crippen LogP contribution in [-0.4, -0.2) is 17.9 Å². The second-order valence-corrected chi connectivity index (χ2v) is 5.68. The minimum absolute atomic E-state index is 0.183. The van der Waals surface area contributed by atoms with E-state index < -0.39 is 0 Å². The van der Waals surface area contributed by atoms with Crippen LogP contribution in [0.2, 0.25) is 5.02 Å². The summed E-state index contributed by atoms with van der Waals surface area (Å²) in [6.45, 7) is 2.00. The van der Waals surface area contributed by atoms with Gasteiger partial charge in [0.25, 0.3) is 5.91 Å². The molecule has 1 aromatic heterocycles. The predicted octanol–water partition coefficient (Wildman–Crippen LogP) is 4.35. The molecular formula is C15H15BrClN3O. The molecule has 0 atom stereocenters. The summed E-state index contributed by atoms with van der Waals surface area (Å²) in [5.74, 6) is 0.495. The van der Waals surface area contributed by atoms with Crippen molar-refractivity contribution in [2.45, 2.75) is 13.3 Å². The number of amides is 1. The Morgan fingerprint density at radius 1 is 1.33 bits per heavy atom.